The van der Waals surface area contributed by atoms with E-state index in [0.717, 1.165) is 128 Å². The van der Waals surface area contributed by atoms with Gasteiger partial charge < -0.3 is 14.2 Å². The van der Waals surface area contributed by atoms with Crippen molar-refractivity contribution in [3.8, 4) is 0 Å². The number of carbonyl (C=O) groups excluding carboxylic acids is 3. The summed E-state index contributed by atoms with van der Waals surface area (Å²) in [4.78, 5) is 37.6. The molecule has 0 aromatic rings. The predicted octanol–water partition coefficient (Wildman–Crippen LogP) is 16.8. The van der Waals surface area contributed by atoms with Crippen LogP contribution in [0.5, 0.6) is 0 Å². The maximum atomic E-state index is 12.7. The van der Waals surface area contributed by atoms with Crippen molar-refractivity contribution in [1.82, 2.24) is 0 Å². The maximum absolute atomic E-state index is 12.7. The molecule has 0 bridgehead atoms. The molecule has 62 heavy (non-hydrogen) atoms. The Balaban J connectivity index is 4.24. The van der Waals surface area contributed by atoms with Gasteiger partial charge in [0, 0.05) is 19.3 Å². The molecule has 0 aliphatic carbocycles. The molecule has 6 nitrogen and oxygen atoms in total. The normalized spacial score (nSPS) is 12.8. The van der Waals surface area contributed by atoms with Crippen LogP contribution in [0.1, 0.15) is 233 Å². The Hall–Kier alpha value is -3.41. The average molecular weight is 863 g/mol. The number of esters is 3. The quantitative estimate of drug-likeness (QED) is 0.0263. The highest BCUT2D eigenvalue weighted by Crippen LogP contribution is 2.13. The molecule has 0 saturated heterocycles. The molecule has 1 atom stereocenters. The molecule has 0 aliphatic heterocycles. The number of hydrogen-bond acceptors (Lipinski definition) is 6. The van der Waals surface area contributed by atoms with E-state index in [1.165, 1.54) is 64.2 Å². The molecule has 0 fully saturated rings. The first kappa shape index (κ1) is 58.6. The van der Waals surface area contributed by atoms with Gasteiger partial charge in [0.2, 0.25) is 0 Å². The summed E-state index contributed by atoms with van der Waals surface area (Å²) in [5.41, 5.74) is 0. The molecule has 0 amide bonds. The summed E-state index contributed by atoms with van der Waals surface area (Å²) in [6.45, 7) is 6.40. The number of hydrogen-bond donors (Lipinski definition) is 0. The molecule has 0 rings (SSSR count). The monoisotopic (exact) mass is 863 g/mol. The highest BCUT2D eigenvalue weighted by molar-refractivity contribution is 5.71. The molecule has 0 heterocycles. The largest absolute Gasteiger partial charge is 0.462 e. The Labute approximate surface area is 382 Å². The van der Waals surface area contributed by atoms with E-state index in [1.807, 2.05) is 0 Å². The molecule has 0 spiro atoms. The van der Waals surface area contributed by atoms with Crippen molar-refractivity contribution in [2.45, 2.75) is 239 Å². The number of ether oxygens (including phenoxy) is 3. The zero-order valence-electron chi connectivity index (χ0n) is 40.4. The molecule has 0 saturated carbocycles. The summed E-state index contributed by atoms with van der Waals surface area (Å²) in [6.07, 6.45) is 64.6. The van der Waals surface area contributed by atoms with Crippen molar-refractivity contribution in [2.24, 2.45) is 0 Å². The van der Waals surface area contributed by atoms with Gasteiger partial charge in [0.05, 0.1) is 0 Å². The van der Waals surface area contributed by atoms with E-state index in [4.69, 9.17) is 14.2 Å². The maximum Gasteiger partial charge on any atom is 0.306 e. The Morgan fingerprint density at radius 1 is 0.339 bits per heavy atom. The van der Waals surface area contributed by atoms with Crippen LogP contribution in [0.25, 0.3) is 0 Å². The van der Waals surface area contributed by atoms with Crippen LogP contribution in [0, 0.1) is 0 Å². The fraction of sp³-hybridized carbons (Fsp3) is 0.696. The van der Waals surface area contributed by atoms with E-state index in [2.05, 4.69) is 106 Å². The Kier molecular flexibility index (Phi) is 47.5. The molecular formula is C56H94O6. The van der Waals surface area contributed by atoms with Crippen LogP contribution in [-0.4, -0.2) is 37.2 Å². The lowest BCUT2D eigenvalue weighted by atomic mass is 10.1. The Bertz CT molecular complexity index is 1220. The van der Waals surface area contributed by atoms with Gasteiger partial charge in [-0.3, -0.25) is 14.4 Å². The highest BCUT2D eigenvalue weighted by Gasteiger charge is 2.19. The minimum atomic E-state index is -0.787. The standard InChI is InChI=1S/C56H94O6/c1-4-7-10-13-15-17-19-21-23-25-26-27-28-29-30-31-33-34-36-38-40-43-46-49-55(58)61-52-53(51-60-54(57)48-45-42-12-9-6-3)62-56(59)50-47-44-41-39-37-35-32-24-22-20-18-16-14-11-8-5-2/h7,10,15,17,21,23-24,26-27,29-30,32-34,53H,4-6,8-9,11-14,16,18-20,22,25,28,31,35-52H2,1-3H3/b10-7-,17-15-,23-21-,27-26-,30-29-,32-24-,34-33-. The summed E-state index contributed by atoms with van der Waals surface area (Å²) in [7, 11) is 0. The minimum Gasteiger partial charge on any atom is -0.462 e. The zero-order valence-corrected chi connectivity index (χ0v) is 40.4. The van der Waals surface area contributed by atoms with Gasteiger partial charge in [0.15, 0.2) is 6.10 Å². The molecule has 0 aliphatic rings. The highest BCUT2D eigenvalue weighted by atomic mass is 16.6. The van der Waals surface area contributed by atoms with E-state index >= 15 is 0 Å². The Morgan fingerprint density at radius 2 is 0.629 bits per heavy atom. The number of carbonyl (C=O) groups is 3. The summed E-state index contributed by atoms with van der Waals surface area (Å²) in [5, 5.41) is 0. The molecule has 0 N–H and O–H groups in total. The molecule has 354 valence electrons. The average Bonchev–Trinajstić information content (AvgIpc) is 3.27. The molecule has 0 aromatic carbocycles. The number of allylic oxidation sites excluding steroid dienone is 14. The van der Waals surface area contributed by atoms with Gasteiger partial charge in [-0.15, -0.1) is 0 Å². The lowest BCUT2D eigenvalue weighted by Crippen LogP contribution is -2.30. The van der Waals surface area contributed by atoms with Crippen LogP contribution in [-0.2, 0) is 28.6 Å². The van der Waals surface area contributed by atoms with Crippen LogP contribution in [0.15, 0.2) is 85.1 Å². The smallest absolute Gasteiger partial charge is 0.306 e. The SMILES string of the molecule is CC/C=C\C/C=C\C/C=C\C/C=C\C/C=C\C/C=C\CCCCCCC(=O)OCC(COC(=O)CCCCCCC)OC(=O)CCCCCCC/C=C\CCCCCCCCC. The second kappa shape index (κ2) is 50.2. The zero-order chi connectivity index (χ0) is 45.1. The number of unbranched alkanes of at least 4 members (excludes halogenated alkanes) is 20. The van der Waals surface area contributed by atoms with Crippen LogP contribution in [0.2, 0.25) is 0 Å². The summed E-state index contributed by atoms with van der Waals surface area (Å²) in [5.74, 6) is -0.940. The topological polar surface area (TPSA) is 78.9 Å². The van der Waals surface area contributed by atoms with Crippen molar-refractivity contribution >= 4 is 17.9 Å². The van der Waals surface area contributed by atoms with Crippen LogP contribution < -0.4 is 0 Å². The molecule has 1 unspecified atom stereocenters. The minimum absolute atomic E-state index is 0.0894. The molecule has 0 radical (unpaired) electrons. The van der Waals surface area contributed by atoms with Crippen molar-refractivity contribution in [3.05, 3.63) is 85.1 Å². The lowest BCUT2D eigenvalue weighted by Gasteiger charge is -2.18. The third-order valence-electron chi connectivity index (χ3n) is 10.6. The van der Waals surface area contributed by atoms with Crippen LogP contribution >= 0.6 is 0 Å². The van der Waals surface area contributed by atoms with Gasteiger partial charge in [0.1, 0.15) is 13.2 Å². The first-order chi connectivity index (χ1) is 30.5. The molecule has 0 aromatic heterocycles. The van der Waals surface area contributed by atoms with E-state index in [-0.39, 0.29) is 31.1 Å². The van der Waals surface area contributed by atoms with Crippen molar-refractivity contribution < 1.29 is 28.6 Å². The van der Waals surface area contributed by atoms with E-state index in [0.29, 0.717) is 19.3 Å². The van der Waals surface area contributed by atoms with E-state index in [9.17, 15) is 14.4 Å². The Morgan fingerprint density at radius 3 is 1.00 bits per heavy atom. The van der Waals surface area contributed by atoms with E-state index in [1.54, 1.807) is 0 Å². The van der Waals surface area contributed by atoms with Crippen molar-refractivity contribution in [1.29, 1.82) is 0 Å². The predicted molar refractivity (Wildman–Crippen MR) is 265 cm³/mol. The fourth-order valence-corrected chi connectivity index (χ4v) is 6.79. The van der Waals surface area contributed by atoms with Crippen molar-refractivity contribution in [2.75, 3.05) is 13.2 Å². The second-order valence-electron chi connectivity index (χ2n) is 16.7. The first-order valence-corrected chi connectivity index (χ1v) is 25.6. The fourth-order valence-electron chi connectivity index (χ4n) is 6.79. The van der Waals surface area contributed by atoms with Gasteiger partial charge >= 0.3 is 17.9 Å². The van der Waals surface area contributed by atoms with Crippen LogP contribution in [0.3, 0.4) is 0 Å². The van der Waals surface area contributed by atoms with Gasteiger partial charge in [-0.05, 0) is 96.3 Å². The second-order valence-corrected chi connectivity index (χ2v) is 16.7. The third-order valence-corrected chi connectivity index (χ3v) is 10.6. The van der Waals surface area contributed by atoms with Gasteiger partial charge in [0.25, 0.3) is 0 Å². The first-order valence-electron chi connectivity index (χ1n) is 25.6. The summed E-state index contributed by atoms with van der Waals surface area (Å²) in [6, 6.07) is 0. The number of rotatable bonds is 45. The molecular weight excluding hydrogens is 769 g/mol. The third kappa shape index (κ3) is 47.6. The summed E-state index contributed by atoms with van der Waals surface area (Å²) < 4.78 is 16.6. The molecule has 6 heteroatoms. The lowest BCUT2D eigenvalue weighted by molar-refractivity contribution is -0.167. The summed E-state index contributed by atoms with van der Waals surface area (Å²) >= 11 is 0. The van der Waals surface area contributed by atoms with Gasteiger partial charge in [-0.2, -0.15) is 0 Å². The van der Waals surface area contributed by atoms with Crippen LogP contribution in [0.4, 0.5) is 0 Å². The van der Waals surface area contributed by atoms with Gasteiger partial charge in [-0.25, -0.2) is 0 Å². The van der Waals surface area contributed by atoms with Gasteiger partial charge in [-0.1, -0.05) is 202 Å². The van der Waals surface area contributed by atoms with E-state index < -0.39 is 6.10 Å². The van der Waals surface area contributed by atoms with Crippen molar-refractivity contribution in [3.63, 3.8) is 0 Å².